The highest BCUT2D eigenvalue weighted by molar-refractivity contribution is 7.89. The summed E-state index contributed by atoms with van der Waals surface area (Å²) in [5.74, 6) is -0.856. The van der Waals surface area contributed by atoms with Crippen molar-refractivity contribution in [1.82, 2.24) is 4.31 Å². The van der Waals surface area contributed by atoms with E-state index in [4.69, 9.17) is 4.74 Å². The average Bonchev–Trinajstić information content (AvgIpc) is 2.96. The lowest BCUT2D eigenvalue weighted by Gasteiger charge is -2.31. The van der Waals surface area contributed by atoms with Crippen molar-refractivity contribution in [3.8, 4) is 0 Å². The minimum atomic E-state index is -3.42. The number of carboxylic acid groups (broad SMARTS) is 1. The summed E-state index contributed by atoms with van der Waals surface area (Å²) in [6, 6.07) is 0. The van der Waals surface area contributed by atoms with Crippen molar-refractivity contribution in [1.29, 1.82) is 0 Å². The summed E-state index contributed by atoms with van der Waals surface area (Å²) < 4.78 is 32.5. The fourth-order valence-electron chi connectivity index (χ4n) is 4.22. The van der Waals surface area contributed by atoms with Gasteiger partial charge in [-0.15, -0.1) is 0 Å². The highest BCUT2D eigenvalue weighted by Crippen LogP contribution is 2.50. The summed E-state index contributed by atoms with van der Waals surface area (Å²) in [6.45, 7) is 2.88. The first-order valence-electron chi connectivity index (χ1n) is 7.70. The minimum absolute atomic E-state index is 0.0259. The maximum absolute atomic E-state index is 12.8. The van der Waals surface area contributed by atoms with E-state index in [2.05, 4.69) is 0 Å². The third-order valence-corrected chi connectivity index (χ3v) is 7.75. The normalized spacial score (nSPS) is 41.1. The van der Waals surface area contributed by atoms with Gasteiger partial charge in [0.25, 0.3) is 0 Å². The van der Waals surface area contributed by atoms with Crippen molar-refractivity contribution in [3.05, 3.63) is 0 Å². The van der Waals surface area contributed by atoms with Gasteiger partial charge >= 0.3 is 5.97 Å². The lowest BCUT2D eigenvalue weighted by atomic mass is 9.81. The SMILES string of the molecule is CC1CC(S(=O)(=O)N2C[C@@H]3CCC[C@@]3(C(=O)O)C2)CCO1. The molecule has 6 nitrogen and oxygen atoms in total. The van der Waals surface area contributed by atoms with Gasteiger partial charge in [0, 0.05) is 19.7 Å². The van der Waals surface area contributed by atoms with Crippen molar-refractivity contribution in [3.63, 3.8) is 0 Å². The molecule has 2 heterocycles. The number of rotatable bonds is 3. The largest absolute Gasteiger partial charge is 0.481 e. The molecule has 2 aliphatic heterocycles. The minimum Gasteiger partial charge on any atom is -0.481 e. The lowest BCUT2D eigenvalue weighted by Crippen LogP contribution is -2.43. The molecule has 3 rings (SSSR count). The number of fused-ring (bicyclic) bond motifs is 1. The Morgan fingerprint density at radius 2 is 2.14 bits per heavy atom. The quantitative estimate of drug-likeness (QED) is 0.842. The Bertz CT molecular complexity index is 533. The number of carboxylic acids is 1. The van der Waals surface area contributed by atoms with Crippen LogP contribution in [0.5, 0.6) is 0 Å². The molecule has 0 bridgehead atoms. The average molecular weight is 317 g/mol. The molecule has 3 aliphatic rings. The summed E-state index contributed by atoms with van der Waals surface area (Å²) in [6.07, 6.45) is 3.27. The van der Waals surface area contributed by atoms with Gasteiger partial charge in [-0.05, 0) is 38.5 Å². The number of hydrogen-bond acceptors (Lipinski definition) is 4. The van der Waals surface area contributed by atoms with Gasteiger partial charge in [-0.2, -0.15) is 0 Å². The Balaban J connectivity index is 1.80. The van der Waals surface area contributed by atoms with Crippen LogP contribution in [0, 0.1) is 11.3 Å². The smallest absolute Gasteiger partial charge is 0.311 e. The van der Waals surface area contributed by atoms with Crippen molar-refractivity contribution >= 4 is 16.0 Å². The number of nitrogens with zero attached hydrogens (tertiary/aromatic N) is 1. The van der Waals surface area contributed by atoms with Gasteiger partial charge in [-0.3, -0.25) is 4.79 Å². The van der Waals surface area contributed by atoms with Crippen molar-refractivity contribution in [2.75, 3.05) is 19.7 Å². The molecule has 4 atom stereocenters. The van der Waals surface area contributed by atoms with E-state index in [9.17, 15) is 18.3 Å². The second-order valence-corrected chi connectivity index (χ2v) is 8.93. The number of carbonyl (C=O) groups is 1. The predicted molar refractivity (Wildman–Crippen MR) is 76.3 cm³/mol. The molecule has 1 N–H and O–H groups in total. The molecule has 21 heavy (non-hydrogen) atoms. The van der Waals surface area contributed by atoms with Crippen molar-refractivity contribution in [2.24, 2.45) is 11.3 Å². The van der Waals surface area contributed by atoms with E-state index in [0.29, 0.717) is 32.4 Å². The van der Waals surface area contributed by atoms with Crippen LogP contribution in [0.2, 0.25) is 0 Å². The fraction of sp³-hybridized carbons (Fsp3) is 0.929. The van der Waals surface area contributed by atoms with E-state index >= 15 is 0 Å². The third-order valence-electron chi connectivity index (χ3n) is 5.48. The second kappa shape index (κ2) is 5.21. The monoisotopic (exact) mass is 317 g/mol. The van der Waals surface area contributed by atoms with Crippen LogP contribution in [0.25, 0.3) is 0 Å². The van der Waals surface area contributed by atoms with Crippen molar-refractivity contribution in [2.45, 2.75) is 50.4 Å². The van der Waals surface area contributed by atoms with E-state index in [0.717, 1.165) is 12.8 Å². The molecular weight excluding hydrogens is 294 g/mol. The molecular formula is C14H23NO5S. The maximum atomic E-state index is 12.8. The number of sulfonamides is 1. The summed E-state index contributed by atoms with van der Waals surface area (Å²) in [5, 5.41) is 9.14. The van der Waals surface area contributed by atoms with E-state index in [1.54, 1.807) is 0 Å². The van der Waals surface area contributed by atoms with E-state index in [1.165, 1.54) is 4.31 Å². The van der Waals surface area contributed by atoms with Gasteiger partial charge in [0.05, 0.1) is 16.8 Å². The molecule has 2 unspecified atom stereocenters. The lowest BCUT2D eigenvalue weighted by molar-refractivity contribution is -0.149. The molecule has 0 aromatic heterocycles. The molecule has 120 valence electrons. The van der Waals surface area contributed by atoms with Gasteiger partial charge in [-0.25, -0.2) is 12.7 Å². The number of aliphatic carboxylic acids is 1. The molecule has 1 aliphatic carbocycles. The van der Waals surface area contributed by atoms with Gasteiger partial charge in [0.2, 0.25) is 10.0 Å². The van der Waals surface area contributed by atoms with E-state index in [-0.39, 0.29) is 18.6 Å². The van der Waals surface area contributed by atoms with Crippen LogP contribution < -0.4 is 0 Å². The Kier molecular flexibility index (Phi) is 3.78. The fourth-order valence-corrected chi connectivity index (χ4v) is 6.35. The van der Waals surface area contributed by atoms with Gasteiger partial charge in [0.1, 0.15) is 0 Å². The Morgan fingerprint density at radius 3 is 2.76 bits per heavy atom. The maximum Gasteiger partial charge on any atom is 0.311 e. The molecule has 0 aromatic carbocycles. The molecule has 0 amide bonds. The van der Waals surface area contributed by atoms with Crippen LogP contribution in [0.4, 0.5) is 0 Å². The molecule has 7 heteroatoms. The Labute approximate surface area is 125 Å². The molecule has 2 saturated heterocycles. The van der Waals surface area contributed by atoms with Crippen LogP contribution in [-0.2, 0) is 19.6 Å². The summed E-state index contributed by atoms with van der Waals surface area (Å²) in [7, 11) is -3.42. The molecule has 3 fully saturated rings. The zero-order valence-electron chi connectivity index (χ0n) is 12.3. The van der Waals surface area contributed by atoms with Crippen molar-refractivity contribution < 1.29 is 23.1 Å². The van der Waals surface area contributed by atoms with Gasteiger partial charge in [0.15, 0.2) is 0 Å². The summed E-state index contributed by atoms with van der Waals surface area (Å²) >= 11 is 0. The molecule has 1 saturated carbocycles. The zero-order valence-corrected chi connectivity index (χ0v) is 13.1. The van der Waals surface area contributed by atoms with Crippen LogP contribution in [0.15, 0.2) is 0 Å². The number of hydrogen-bond donors (Lipinski definition) is 1. The highest BCUT2D eigenvalue weighted by atomic mass is 32.2. The zero-order chi connectivity index (χ0) is 15.3. The first kappa shape index (κ1) is 15.2. The molecule has 0 radical (unpaired) electrons. The Morgan fingerprint density at radius 1 is 1.38 bits per heavy atom. The highest BCUT2D eigenvalue weighted by Gasteiger charge is 2.57. The van der Waals surface area contributed by atoms with E-state index in [1.807, 2.05) is 6.92 Å². The van der Waals surface area contributed by atoms with Gasteiger partial charge in [-0.1, -0.05) is 6.42 Å². The predicted octanol–water partition coefficient (Wildman–Crippen LogP) is 1.07. The molecule has 0 aromatic rings. The molecule has 0 spiro atoms. The number of ether oxygens (including phenoxy) is 1. The third kappa shape index (κ3) is 2.39. The summed E-state index contributed by atoms with van der Waals surface area (Å²) in [4.78, 5) is 11.7. The summed E-state index contributed by atoms with van der Waals surface area (Å²) in [5.41, 5.74) is -0.843. The van der Waals surface area contributed by atoms with Crippen LogP contribution in [0.3, 0.4) is 0 Å². The Hall–Kier alpha value is -0.660. The van der Waals surface area contributed by atoms with Crippen LogP contribution >= 0.6 is 0 Å². The first-order chi connectivity index (χ1) is 9.86. The van der Waals surface area contributed by atoms with E-state index < -0.39 is 26.7 Å². The van der Waals surface area contributed by atoms with Crippen LogP contribution in [-0.4, -0.2) is 54.8 Å². The standard InChI is InChI=1S/C14H23NO5S/c1-10-7-12(4-6-20-10)21(18,19)15-8-11-3-2-5-14(11,9-15)13(16)17/h10-12H,2-9H2,1H3,(H,16,17)/t10?,11-,12?,14+/m0/s1. The van der Waals surface area contributed by atoms with Crippen LogP contribution in [0.1, 0.15) is 39.0 Å². The van der Waals surface area contributed by atoms with Gasteiger partial charge < -0.3 is 9.84 Å². The first-order valence-corrected chi connectivity index (χ1v) is 9.20. The second-order valence-electron chi connectivity index (χ2n) is 6.72. The topological polar surface area (TPSA) is 83.9 Å².